The van der Waals surface area contributed by atoms with Gasteiger partial charge in [0.2, 0.25) is 5.91 Å². The number of carbonyl (C=O) groups excluding carboxylic acids is 1. The lowest BCUT2D eigenvalue weighted by Crippen LogP contribution is -2.57. The molecule has 4 nitrogen and oxygen atoms in total. The molecule has 0 unspecified atom stereocenters. The van der Waals surface area contributed by atoms with Crippen molar-refractivity contribution in [2.24, 2.45) is 5.73 Å². The number of halogens is 1. The molecular weight excluding hydrogens is 288 g/mol. The molecule has 5 heteroatoms. The average Bonchev–Trinajstić information content (AvgIpc) is 3.27. The fraction of sp³-hybridized carbons (Fsp3) is 0.562. The molecule has 0 radical (unpaired) electrons. The molecule has 1 aliphatic carbocycles. The number of carbonyl (C=O) groups is 1. The molecule has 1 aromatic rings. The van der Waals surface area contributed by atoms with E-state index in [4.69, 9.17) is 22.1 Å². The number of ether oxygens (including phenoxy) is 1. The SMILES string of the molecule is NC1(C(=O)NCC2(c3ccc(Cl)cc3)CC2)CCOCC1. The first kappa shape index (κ1) is 14.8. The second kappa shape index (κ2) is 5.59. The highest BCUT2D eigenvalue weighted by atomic mass is 35.5. The second-order valence-electron chi connectivity index (χ2n) is 6.24. The van der Waals surface area contributed by atoms with E-state index in [0.29, 0.717) is 32.6 Å². The Morgan fingerprint density at radius 1 is 1.19 bits per heavy atom. The standard InChI is InChI=1S/C16H21ClN2O2/c17-13-3-1-12(2-4-13)15(5-6-15)11-19-14(20)16(18)7-9-21-10-8-16/h1-4H,5-11,18H2,(H,19,20). The van der Waals surface area contributed by atoms with Crippen LogP contribution in [0.25, 0.3) is 0 Å². The Morgan fingerprint density at radius 3 is 2.38 bits per heavy atom. The molecule has 2 aliphatic rings. The van der Waals surface area contributed by atoms with Crippen LogP contribution >= 0.6 is 11.6 Å². The van der Waals surface area contributed by atoms with Gasteiger partial charge in [0.05, 0.1) is 5.54 Å². The molecule has 1 saturated carbocycles. The number of nitrogens with two attached hydrogens (primary N) is 1. The van der Waals surface area contributed by atoms with E-state index >= 15 is 0 Å². The Morgan fingerprint density at radius 2 is 1.81 bits per heavy atom. The van der Waals surface area contributed by atoms with Gasteiger partial charge >= 0.3 is 0 Å². The molecule has 21 heavy (non-hydrogen) atoms. The van der Waals surface area contributed by atoms with Crippen LogP contribution in [0.3, 0.4) is 0 Å². The second-order valence-corrected chi connectivity index (χ2v) is 6.67. The Kier molecular flexibility index (Phi) is 3.95. The van der Waals surface area contributed by atoms with E-state index in [-0.39, 0.29) is 11.3 Å². The van der Waals surface area contributed by atoms with Gasteiger partial charge in [0, 0.05) is 30.2 Å². The lowest BCUT2D eigenvalue weighted by Gasteiger charge is -2.32. The quantitative estimate of drug-likeness (QED) is 0.894. The molecule has 3 N–H and O–H groups in total. The van der Waals surface area contributed by atoms with Gasteiger partial charge in [-0.05, 0) is 43.4 Å². The van der Waals surface area contributed by atoms with E-state index in [0.717, 1.165) is 17.9 Å². The van der Waals surface area contributed by atoms with Crippen molar-refractivity contribution in [1.29, 1.82) is 0 Å². The molecule has 0 spiro atoms. The Labute approximate surface area is 130 Å². The van der Waals surface area contributed by atoms with Gasteiger partial charge in [-0.25, -0.2) is 0 Å². The summed E-state index contributed by atoms with van der Waals surface area (Å²) in [4.78, 5) is 12.4. The number of amides is 1. The highest BCUT2D eigenvalue weighted by molar-refractivity contribution is 6.30. The van der Waals surface area contributed by atoms with Gasteiger partial charge in [0.15, 0.2) is 0 Å². The normalized spacial score (nSPS) is 22.6. The summed E-state index contributed by atoms with van der Waals surface area (Å²) in [7, 11) is 0. The molecule has 1 aliphatic heterocycles. The molecule has 3 rings (SSSR count). The van der Waals surface area contributed by atoms with Crippen LogP contribution in [-0.4, -0.2) is 31.2 Å². The van der Waals surface area contributed by atoms with Crippen LogP contribution in [0.2, 0.25) is 5.02 Å². The first-order valence-corrected chi connectivity index (χ1v) is 7.83. The summed E-state index contributed by atoms with van der Waals surface area (Å²) in [5.74, 6) is -0.0500. The van der Waals surface area contributed by atoms with E-state index in [9.17, 15) is 4.79 Å². The van der Waals surface area contributed by atoms with E-state index < -0.39 is 5.54 Å². The first-order valence-electron chi connectivity index (χ1n) is 7.45. The highest BCUT2D eigenvalue weighted by Crippen LogP contribution is 2.47. The van der Waals surface area contributed by atoms with Gasteiger partial charge in [-0.3, -0.25) is 4.79 Å². The topological polar surface area (TPSA) is 64.4 Å². The zero-order valence-corrected chi connectivity index (χ0v) is 12.8. The monoisotopic (exact) mass is 308 g/mol. The van der Waals surface area contributed by atoms with Crippen molar-refractivity contribution in [2.75, 3.05) is 19.8 Å². The summed E-state index contributed by atoms with van der Waals surface area (Å²) in [5.41, 5.74) is 6.74. The molecule has 114 valence electrons. The largest absolute Gasteiger partial charge is 0.381 e. The maximum absolute atomic E-state index is 12.4. The van der Waals surface area contributed by atoms with Crippen LogP contribution in [0, 0.1) is 0 Å². The molecule has 0 atom stereocenters. The molecular formula is C16H21ClN2O2. The van der Waals surface area contributed by atoms with Crippen molar-refractivity contribution < 1.29 is 9.53 Å². The van der Waals surface area contributed by atoms with Gasteiger partial charge in [0.25, 0.3) is 0 Å². The van der Waals surface area contributed by atoms with E-state index in [2.05, 4.69) is 5.32 Å². The zero-order valence-electron chi connectivity index (χ0n) is 12.0. The van der Waals surface area contributed by atoms with Crippen LogP contribution in [0.15, 0.2) is 24.3 Å². The lowest BCUT2D eigenvalue weighted by atomic mass is 9.89. The highest BCUT2D eigenvalue weighted by Gasteiger charge is 2.45. The van der Waals surface area contributed by atoms with Crippen molar-refractivity contribution >= 4 is 17.5 Å². The Hall–Kier alpha value is -1.10. The fourth-order valence-corrected chi connectivity index (χ4v) is 3.04. The van der Waals surface area contributed by atoms with Gasteiger partial charge in [-0.2, -0.15) is 0 Å². The van der Waals surface area contributed by atoms with Gasteiger partial charge < -0.3 is 15.8 Å². The van der Waals surface area contributed by atoms with Crippen LogP contribution in [0.5, 0.6) is 0 Å². The predicted octanol–water partition coefficient (Wildman–Crippen LogP) is 2.00. The number of hydrogen-bond donors (Lipinski definition) is 2. The van der Waals surface area contributed by atoms with Gasteiger partial charge in [-0.15, -0.1) is 0 Å². The summed E-state index contributed by atoms with van der Waals surface area (Å²) in [6.45, 7) is 1.77. The molecule has 1 amide bonds. The van der Waals surface area contributed by atoms with Crippen LogP contribution in [0.1, 0.15) is 31.2 Å². The number of hydrogen-bond acceptors (Lipinski definition) is 3. The van der Waals surface area contributed by atoms with Crippen LogP contribution in [0.4, 0.5) is 0 Å². The molecule has 0 bridgehead atoms. The van der Waals surface area contributed by atoms with Crippen molar-refractivity contribution in [1.82, 2.24) is 5.32 Å². The van der Waals surface area contributed by atoms with Crippen LogP contribution < -0.4 is 11.1 Å². The third-order valence-electron chi connectivity index (χ3n) is 4.73. The molecule has 1 heterocycles. The van der Waals surface area contributed by atoms with Crippen molar-refractivity contribution in [3.05, 3.63) is 34.9 Å². The lowest BCUT2D eigenvalue weighted by molar-refractivity contribution is -0.129. The van der Waals surface area contributed by atoms with E-state index in [1.807, 2.05) is 24.3 Å². The summed E-state index contributed by atoms with van der Waals surface area (Å²) in [6, 6.07) is 7.91. The minimum atomic E-state index is -0.770. The minimum absolute atomic E-state index is 0.0500. The van der Waals surface area contributed by atoms with Crippen molar-refractivity contribution in [3.63, 3.8) is 0 Å². The zero-order chi connectivity index (χ0) is 14.9. The molecule has 0 aromatic heterocycles. The Balaban J connectivity index is 1.62. The summed E-state index contributed by atoms with van der Waals surface area (Å²) < 4.78 is 5.28. The number of rotatable bonds is 4. The van der Waals surface area contributed by atoms with Crippen LogP contribution in [-0.2, 0) is 14.9 Å². The van der Waals surface area contributed by atoms with Crippen molar-refractivity contribution in [2.45, 2.75) is 36.6 Å². The molecule has 1 saturated heterocycles. The first-order chi connectivity index (χ1) is 10.0. The Bertz CT molecular complexity index is 520. The number of nitrogens with one attached hydrogen (secondary N) is 1. The van der Waals surface area contributed by atoms with E-state index in [1.165, 1.54) is 5.56 Å². The van der Waals surface area contributed by atoms with E-state index in [1.54, 1.807) is 0 Å². The smallest absolute Gasteiger partial charge is 0.240 e. The van der Waals surface area contributed by atoms with Gasteiger partial charge in [-0.1, -0.05) is 23.7 Å². The fourth-order valence-electron chi connectivity index (χ4n) is 2.91. The molecule has 1 aromatic carbocycles. The number of benzene rings is 1. The average molecular weight is 309 g/mol. The van der Waals surface area contributed by atoms with Gasteiger partial charge in [0.1, 0.15) is 0 Å². The van der Waals surface area contributed by atoms with Crippen molar-refractivity contribution in [3.8, 4) is 0 Å². The third-order valence-corrected chi connectivity index (χ3v) is 4.99. The maximum atomic E-state index is 12.4. The summed E-state index contributed by atoms with van der Waals surface area (Å²) in [6.07, 6.45) is 3.37. The third kappa shape index (κ3) is 3.07. The predicted molar refractivity (Wildman–Crippen MR) is 82.3 cm³/mol. The summed E-state index contributed by atoms with van der Waals surface area (Å²) >= 11 is 5.93. The maximum Gasteiger partial charge on any atom is 0.240 e. The summed E-state index contributed by atoms with van der Waals surface area (Å²) in [5, 5.41) is 3.79. The molecule has 2 fully saturated rings. The minimum Gasteiger partial charge on any atom is -0.381 e.